The molecule has 1 nitrogen and oxygen atoms in total. The summed E-state index contributed by atoms with van der Waals surface area (Å²) in [6.45, 7) is 1.88. The number of rotatable bonds is 1. The number of anilines is 1. The van der Waals surface area contributed by atoms with Gasteiger partial charge in [-0.15, -0.1) is 11.3 Å². The molecule has 0 aliphatic heterocycles. The highest BCUT2D eigenvalue weighted by molar-refractivity contribution is 7.17. The van der Waals surface area contributed by atoms with Gasteiger partial charge in [-0.3, -0.25) is 0 Å². The van der Waals surface area contributed by atoms with Crippen LogP contribution >= 0.6 is 11.3 Å². The molecule has 0 amide bonds. The first-order valence-electron chi connectivity index (χ1n) is 4.15. The predicted octanol–water partition coefficient (Wildman–Crippen LogP) is 3.73. The van der Waals surface area contributed by atoms with E-state index >= 15 is 0 Å². The summed E-state index contributed by atoms with van der Waals surface area (Å²) in [7, 11) is 0. The molecular formula is C10H9F2NS. The lowest BCUT2D eigenvalue weighted by Crippen LogP contribution is -1.96. The van der Waals surface area contributed by atoms with E-state index in [0.717, 1.165) is 10.3 Å². The van der Waals surface area contributed by atoms with Crippen molar-refractivity contribution in [3.8, 4) is 0 Å². The summed E-state index contributed by atoms with van der Waals surface area (Å²) < 4.78 is 26.3. The Morgan fingerprint density at radius 1 is 1.43 bits per heavy atom. The highest BCUT2D eigenvalue weighted by Crippen LogP contribution is 2.37. The second-order valence-electron chi connectivity index (χ2n) is 3.16. The van der Waals surface area contributed by atoms with Crippen LogP contribution in [0.3, 0.4) is 0 Å². The Bertz CT molecular complexity index is 476. The number of nitrogen functional groups attached to an aromatic ring is 1. The van der Waals surface area contributed by atoms with Gasteiger partial charge in [0.05, 0.1) is 0 Å². The highest BCUT2D eigenvalue weighted by Gasteiger charge is 2.17. The van der Waals surface area contributed by atoms with Crippen molar-refractivity contribution in [2.75, 3.05) is 5.73 Å². The largest absolute Gasteiger partial charge is 0.398 e. The van der Waals surface area contributed by atoms with Crippen LogP contribution in [0.5, 0.6) is 0 Å². The first-order valence-corrected chi connectivity index (χ1v) is 5.03. The Hall–Kier alpha value is -1.16. The molecule has 0 radical (unpaired) electrons. The SMILES string of the molecule is Cc1cc(N)c(C(F)F)c2ccsc12. The number of hydrogen-bond donors (Lipinski definition) is 1. The molecule has 1 aromatic heterocycles. The van der Waals surface area contributed by atoms with Gasteiger partial charge >= 0.3 is 0 Å². The monoisotopic (exact) mass is 213 g/mol. The fraction of sp³-hybridized carbons (Fsp3) is 0.200. The number of fused-ring (bicyclic) bond motifs is 1. The van der Waals surface area contributed by atoms with Gasteiger partial charge in [0, 0.05) is 21.3 Å². The number of nitrogens with two attached hydrogens (primary N) is 1. The Kier molecular flexibility index (Phi) is 2.15. The van der Waals surface area contributed by atoms with Crippen LogP contribution in [0.4, 0.5) is 14.5 Å². The van der Waals surface area contributed by atoms with Crippen LogP contribution in [-0.2, 0) is 0 Å². The summed E-state index contributed by atoms with van der Waals surface area (Å²) in [5.41, 5.74) is 6.68. The third kappa shape index (κ3) is 1.26. The topological polar surface area (TPSA) is 26.0 Å². The van der Waals surface area contributed by atoms with E-state index in [4.69, 9.17) is 5.73 Å². The highest BCUT2D eigenvalue weighted by atomic mass is 32.1. The number of alkyl halides is 2. The van der Waals surface area contributed by atoms with Gasteiger partial charge in [-0.2, -0.15) is 0 Å². The molecule has 1 aromatic carbocycles. The van der Waals surface area contributed by atoms with Crippen molar-refractivity contribution in [1.82, 2.24) is 0 Å². The van der Waals surface area contributed by atoms with E-state index in [1.54, 1.807) is 12.1 Å². The number of thiophene rings is 1. The zero-order valence-corrected chi connectivity index (χ0v) is 8.37. The van der Waals surface area contributed by atoms with E-state index < -0.39 is 6.43 Å². The molecule has 0 bridgehead atoms. The van der Waals surface area contributed by atoms with E-state index in [1.165, 1.54) is 11.3 Å². The quantitative estimate of drug-likeness (QED) is 0.717. The van der Waals surface area contributed by atoms with E-state index in [-0.39, 0.29) is 11.3 Å². The van der Waals surface area contributed by atoms with Crippen LogP contribution in [-0.4, -0.2) is 0 Å². The van der Waals surface area contributed by atoms with Gasteiger partial charge in [0.15, 0.2) is 0 Å². The molecule has 0 aliphatic carbocycles. The Balaban J connectivity index is 2.86. The molecule has 2 N–H and O–H groups in total. The zero-order valence-electron chi connectivity index (χ0n) is 7.55. The summed E-state index contributed by atoms with van der Waals surface area (Å²) in [5, 5.41) is 2.39. The van der Waals surface area contributed by atoms with Crippen LogP contribution in [0, 0.1) is 6.92 Å². The number of halogens is 2. The third-order valence-electron chi connectivity index (χ3n) is 2.21. The molecule has 0 spiro atoms. The Morgan fingerprint density at radius 2 is 2.14 bits per heavy atom. The van der Waals surface area contributed by atoms with Gasteiger partial charge < -0.3 is 5.73 Å². The van der Waals surface area contributed by atoms with Crippen molar-refractivity contribution in [2.24, 2.45) is 0 Å². The first kappa shape index (κ1) is 9.40. The van der Waals surface area contributed by atoms with E-state index in [2.05, 4.69) is 0 Å². The second-order valence-corrected chi connectivity index (χ2v) is 4.08. The standard InChI is InChI=1S/C10H9F2NS/c1-5-4-7(13)8(10(11)12)6-2-3-14-9(5)6/h2-4,10H,13H2,1H3. The molecular weight excluding hydrogens is 204 g/mol. The van der Waals surface area contributed by atoms with Crippen molar-refractivity contribution in [3.63, 3.8) is 0 Å². The summed E-state index contributed by atoms with van der Waals surface area (Å²) in [5.74, 6) is 0. The number of aryl methyl sites for hydroxylation is 1. The van der Waals surface area contributed by atoms with Crippen molar-refractivity contribution in [3.05, 3.63) is 28.6 Å². The smallest absolute Gasteiger partial charge is 0.266 e. The molecule has 2 aromatic rings. The minimum absolute atomic E-state index is 0.0353. The molecule has 2 rings (SSSR count). The minimum Gasteiger partial charge on any atom is -0.398 e. The lowest BCUT2D eigenvalue weighted by atomic mass is 10.1. The molecule has 4 heteroatoms. The van der Waals surface area contributed by atoms with Crippen molar-refractivity contribution < 1.29 is 8.78 Å². The van der Waals surface area contributed by atoms with Gasteiger partial charge in [-0.05, 0) is 30.0 Å². The van der Waals surface area contributed by atoms with E-state index in [1.807, 2.05) is 12.3 Å². The number of hydrogen-bond acceptors (Lipinski definition) is 2. The Morgan fingerprint density at radius 3 is 2.79 bits per heavy atom. The minimum atomic E-state index is -2.51. The van der Waals surface area contributed by atoms with Gasteiger partial charge in [-0.1, -0.05) is 0 Å². The average Bonchev–Trinajstić information content (AvgIpc) is 2.51. The molecule has 1 heterocycles. The molecule has 0 saturated carbocycles. The maximum absolute atomic E-state index is 12.7. The van der Waals surface area contributed by atoms with Gasteiger partial charge in [0.1, 0.15) is 0 Å². The van der Waals surface area contributed by atoms with Gasteiger partial charge in [-0.25, -0.2) is 8.78 Å². The molecule has 0 atom stereocenters. The van der Waals surface area contributed by atoms with Gasteiger partial charge in [0.25, 0.3) is 6.43 Å². The summed E-state index contributed by atoms with van der Waals surface area (Å²) in [6.07, 6.45) is -2.51. The van der Waals surface area contributed by atoms with Crippen LogP contribution in [0.25, 0.3) is 10.1 Å². The van der Waals surface area contributed by atoms with Gasteiger partial charge in [0.2, 0.25) is 0 Å². The summed E-state index contributed by atoms with van der Waals surface area (Å²) in [6, 6.07) is 3.31. The van der Waals surface area contributed by atoms with Crippen LogP contribution in [0.2, 0.25) is 0 Å². The third-order valence-corrected chi connectivity index (χ3v) is 3.26. The van der Waals surface area contributed by atoms with E-state index in [9.17, 15) is 8.78 Å². The average molecular weight is 213 g/mol. The van der Waals surface area contributed by atoms with Crippen molar-refractivity contribution in [1.29, 1.82) is 0 Å². The van der Waals surface area contributed by atoms with Crippen molar-refractivity contribution in [2.45, 2.75) is 13.3 Å². The van der Waals surface area contributed by atoms with Crippen LogP contribution < -0.4 is 5.73 Å². The second kappa shape index (κ2) is 3.20. The normalized spacial score (nSPS) is 11.4. The van der Waals surface area contributed by atoms with Crippen LogP contribution in [0.15, 0.2) is 17.5 Å². The van der Waals surface area contributed by atoms with E-state index in [0.29, 0.717) is 5.39 Å². The number of benzene rings is 1. The molecule has 0 unspecified atom stereocenters. The maximum atomic E-state index is 12.7. The molecule has 0 fully saturated rings. The molecule has 0 aliphatic rings. The summed E-state index contributed by atoms with van der Waals surface area (Å²) in [4.78, 5) is 0. The zero-order chi connectivity index (χ0) is 10.3. The fourth-order valence-corrected chi connectivity index (χ4v) is 2.49. The molecule has 0 saturated heterocycles. The van der Waals surface area contributed by atoms with Crippen LogP contribution in [0.1, 0.15) is 17.6 Å². The first-order chi connectivity index (χ1) is 6.61. The Labute approximate surface area is 84.2 Å². The van der Waals surface area contributed by atoms with Crippen molar-refractivity contribution >= 4 is 27.1 Å². The molecule has 74 valence electrons. The lowest BCUT2D eigenvalue weighted by Gasteiger charge is -2.08. The fourth-order valence-electron chi connectivity index (χ4n) is 1.60. The predicted molar refractivity (Wildman–Crippen MR) is 55.9 cm³/mol. The lowest BCUT2D eigenvalue weighted by molar-refractivity contribution is 0.154. The molecule has 14 heavy (non-hydrogen) atoms. The summed E-state index contributed by atoms with van der Waals surface area (Å²) >= 11 is 1.47. The maximum Gasteiger partial charge on any atom is 0.266 e.